The number of nitrogens with zero attached hydrogens (tertiary/aromatic N) is 1. The lowest BCUT2D eigenvalue weighted by molar-refractivity contribution is -0.159. The maximum absolute atomic E-state index is 11.9. The van der Waals surface area contributed by atoms with Gasteiger partial charge in [-0.15, -0.1) is 0 Å². The molecule has 1 aromatic carbocycles. The van der Waals surface area contributed by atoms with Crippen molar-refractivity contribution in [1.29, 1.82) is 0 Å². The van der Waals surface area contributed by atoms with Crippen LogP contribution in [-0.4, -0.2) is 41.2 Å². The zero-order valence-corrected chi connectivity index (χ0v) is 15.5. The third-order valence-electron chi connectivity index (χ3n) is 5.24. The van der Waals surface area contributed by atoms with Crippen LogP contribution in [0.3, 0.4) is 0 Å². The fraction of sp³-hybridized carbons (Fsp3) is 0.476. The number of hydrogen-bond acceptors (Lipinski definition) is 4. The summed E-state index contributed by atoms with van der Waals surface area (Å²) in [7, 11) is 0. The molecule has 0 spiro atoms. The second-order valence-electron chi connectivity index (χ2n) is 7.19. The topological polar surface area (TPSA) is 62.9 Å². The number of carboxylic acids is 1. The molecule has 1 fully saturated rings. The summed E-state index contributed by atoms with van der Waals surface area (Å²) in [5, 5.41) is 9.75. The molecule has 1 aliphatic rings. The summed E-state index contributed by atoms with van der Waals surface area (Å²) in [4.78, 5) is 14.2. The van der Waals surface area contributed by atoms with E-state index in [1.54, 1.807) is 0 Å². The normalized spacial score (nSPS) is 18.4. The zero-order valence-electron chi connectivity index (χ0n) is 15.5. The Hall–Kier alpha value is -2.27. The van der Waals surface area contributed by atoms with Crippen molar-refractivity contribution in [3.05, 3.63) is 54.0 Å². The Morgan fingerprint density at radius 3 is 2.50 bits per heavy atom. The molecule has 140 valence electrons. The van der Waals surface area contributed by atoms with Crippen LogP contribution in [0.4, 0.5) is 0 Å². The number of para-hydroxylation sites is 1. The lowest BCUT2D eigenvalue weighted by atomic mass is 9.90. The predicted molar refractivity (Wildman–Crippen MR) is 99.6 cm³/mol. The molecule has 3 rings (SSSR count). The fourth-order valence-electron chi connectivity index (χ4n) is 3.45. The number of carbonyl (C=O) groups is 1. The van der Waals surface area contributed by atoms with E-state index in [0.29, 0.717) is 24.5 Å². The van der Waals surface area contributed by atoms with Crippen LogP contribution in [0.25, 0.3) is 0 Å². The van der Waals surface area contributed by atoms with Crippen molar-refractivity contribution < 1.29 is 19.1 Å². The number of rotatable bonds is 7. The van der Waals surface area contributed by atoms with Crippen LogP contribution >= 0.6 is 0 Å². The Bertz CT molecular complexity index is 717. The van der Waals surface area contributed by atoms with Gasteiger partial charge < -0.3 is 19.2 Å². The van der Waals surface area contributed by atoms with Crippen LogP contribution in [-0.2, 0) is 4.79 Å². The zero-order chi connectivity index (χ0) is 18.6. The van der Waals surface area contributed by atoms with E-state index in [4.69, 9.17) is 9.15 Å². The minimum atomic E-state index is -1.12. The Labute approximate surface area is 154 Å². The third-order valence-corrected chi connectivity index (χ3v) is 5.24. The molecule has 2 aromatic rings. The summed E-state index contributed by atoms with van der Waals surface area (Å²) >= 11 is 0. The van der Waals surface area contributed by atoms with E-state index in [0.717, 1.165) is 37.6 Å². The Morgan fingerprint density at radius 2 is 1.92 bits per heavy atom. The van der Waals surface area contributed by atoms with Crippen molar-refractivity contribution in [3.63, 3.8) is 0 Å². The molecule has 1 aromatic heterocycles. The second-order valence-corrected chi connectivity index (χ2v) is 7.19. The van der Waals surface area contributed by atoms with E-state index in [9.17, 15) is 9.90 Å². The quantitative estimate of drug-likeness (QED) is 0.809. The molecule has 0 amide bonds. The molecular formula is C21H27NO4. The largest absolute Gasteiger partial charge is 0.478 e. The molecule has 0 radical (unpaired) electrons. The lowest BCUT2D eigenvalue weighted by Gasteiger charge is -2.39. The van der Waals surface area contributed by atoms with Gasteiger partial charge in [-0.05, 0) is 44.2 Å². The first kappa shape index (κ1) is 18.5. The first-order chi connectivity index (χ1) is 12.5. The van der Waals surface area contributed by atoms with E-state index in [2.05, 4.69) is 11.8 Å². The number of aliphatic carboxylic acids is 1. The van der Waals surface area contributed by atoms with Gasteiger partial charge in [-0.2, -0.15) is 0 Å². The average Bonchev–Trinajstić information content (AvgIpc) is 3.08. The molecule has 1 aliphatic heterocycles. The van der Waals surface area contributed by atoms with Crippen molar-refractivity contribution >= 4 is 5.97 Å². The number of carboxylic acid groups (broad SMARTS) is 1. The molecular weight excluding hydrogens is 330 g/mol. The van der Waals surface area contributed by atoms with E-state index in [1.807, 2.05) is 49.4 Å². The number of furan rings is 1. The third kappa shape index (κ3) is 4.28. The van der Waals surface area contributed by atoms with Gasteiger partial charge in [-0.25, -0.2) is 4.79 Å². The predicted octanol–water partition coefficient (Wildman–Crippen LogP) is 4.08. The van der Waals surface area contributed by atoms with Crippen molar-refractivity contribution in [2.24, 2.45) is 0 Å². The lowest BCUT2D eigenvalue weighted by Crippen LogP contribution is -2.53. The van der Waals surface area contributed by atoms with Gasteiger partial charge in [-0.3, -0.25) is 0 Å². The SMILES string of the molecule is Cc1ccc([C@H](C)CCN2CCC(Oc3ccccc3)(C(=O)O)CC2)o1. The van der Waals surface area contributed by atoms with Crippen molar-refractivity contribution in [2.45, 2.75) is 44.6 Å². The van der Waals surface area contributed by atoms with Crippen LogP contribution in [0.15, 0.2) is 46.9 Å². The van der Waals surface area contributed by atoms with Crippen LogP contribution in [0.2, 0.25) is 0 Å². The summed E-state index contributed by atoms with van der Waals surface area (Å²) < 4.78 is 11.6. The number of likely N-dealkylation sites (tertiary alicyclic amines) is 1. The highest BCUT2D eigenvalue weighted by Gasteiger charge is 2.44. The minimum Gasteiger partial charge on any atom is -0.478 e. The summed E-state index contributed by atoms with van der Waals surface area (Å²) in [6.07, 6.45) is 1.98. The molecule has 0 bridgehead atoms. The molecule has 1 saturated heterocycles. The van der Waals surface area contributed by atoms with E-state index in [1.165, 1.54) is 0 Å². The Balaban J connectivity index is 1.54. The second kappa shape index (κ2) is 7.96. The van der Waals surface area contributed by atoms with Gasteiger partial charge in [0.15, 0.2) is 0 Å². The van der Waals surface area contributed by atoms with Gasteiger partial charge in [0, 0.05) is 31.8 Å². The van der Waals surface area contributed by atoms with Gasteiger partial charge in [0.25, 0.3) is 0 Å². The van der Waals surface area contributed by atoms with Crippen molar-refractivity contribution in [3.8, 4) is 5.75 Å². The van der Waals surface area contributed by atoms with E-state index in [-0.39, 0.29) is 0 Å². The van der Waals surface area contributed by atoms with Gasteiger partial charge in [0.2, 0.25) is 5.60 Å². The number of aryl methyl sites for hydroxylation is 1. The van der Waals surface area contributed by atoms with E-state index < -0.39 is 11.6 Å². The smallest absolute Gasteiger partial charge is 0.348 e. The van der Waals surface area contributed by atoms with Crippen molar-refractivity contribution in [1.82, 2.24) is 4.90 Å². The van der Waals surface area contributed by atoms with Gasteiger partial charge in [0.1, 0.15) is 17.3 Å². The molecule has 0 aliphatic carbocycles. The van der Waals surface area contributed by atoms with Crippen LogP contribution in [0.1, 0.15) is 43.6 Å². The molecule has 26 heavy (non-hydrogen) atoms. The van der Waals surface area contributed by atoms with Crippen LogP contribution < -0.4 is 4.74 Å². The molecule has 0 unspecified atom stereocenters. The Morgan fingerprint density at radius 1 is 1.23 bits per heavy atom. The van der Waals surface area contributed by atoms with E-state index >= 15 is 0 Å². The van der Waals surface area contributed by atoms with Crippen LogP contribution in [0.5, 0.6) is 5.75 Å². The summed E-state index contributed by atoms with van der Waals surface area (Å²) in [5.74, 6) is 2.06. The molecule has 5 nitrogen and oxygen atoms in total. The molecule has 5 heteroatoms. The highest BCUT2D eigenvalue weighted by atomic mass is 16.5. The summed E-state index contributed by atoms with van der Waals surface area (Å²) in [5.41, 5.74) is -1.12. The fourth-order valence-corrected chi connectivity index (χ4v) is 3.45. The summed E-state index contributed by atoms with van der Waals surface area (Å²) in [6.45, 7) is 6.51. The molecule has 0 saturated carbocycles. The summed E-state index contributed by atoms with van der Waals surface area (Å²) in [6, 6.07) is 13.3. The minimum absolute atomic E-state index is 0.357. The number of hydrogen-bond donors (Lipinski definition) is 1. The van der Waals surface area contributed by atoms with Crippen molar-refractivity contribution in [2.75, 3.05) is 19.6 Å². The standard InChI is InChI=1S/C21H27NO4/c1-16(19-9-8-17(2)25-19)10-13-22-14-11-21(12-15-22,20(23)24)26-18-6-4-3-5-7-18/h3-9,16H,10-15H2,1-2H3,(H,23,24)/t16-/m1/s1. The Kier molecular flexibility index (Phi) is 5.67. The molecule has 1 N–H and O–H groups in total. The molecule has 2 heterocycles. The first-order valence-corrected chi connectivity index (χ1v) is 9.25. The maximum Gasteiger partial charge on any atom is 0.348 e. The monoisotopic (exact) mass is 357 g/mol. The van der Waals surface area contributed by atoms with Gasteiger partial charge in [0.05, 0.1) is 0 Å². The number of benzene rings is 1. The average molecular weight is 357 g/mol. The number of ether oxygens (including phenoxy) is 1. The highest BCUT2D eigenvalue weighted by Crippen LogP contribution is 2.30. The highest BCUT2D eigenvalue weighted by molar-refractivity contribution is 5.78. The first-order valence-electron chi connectivity index (χ1n) is 9.25. The maximum atomic E-state index is 11.9. The van der Waals surface area contributed by atoms with Gasteiger partial charge in [-0.1, -0.05) is 25.1 Å². The molecule has 1 atom stereocenters. The number of piperidine rings is 1. The van der Waals surface area contributed by atoms with Gasteiger partial charge >= 0.3 is 5.97 Å². The van der Waals surface area contributed by atoms with Crippen LogP contribution in [0, 0.1) is 6.92 Å².